The van der Waals surface area contributed by atoms with E-state index >= 15 is 0 Å². The maximum Gasteiger partial charge on any atom is 0.149 e. The number of para-hydroxylation sites is 1. The molecule has 4 nitrogen and oxygen atoms in total. The summed E-state index contributed by atoms with van der Waals surface area (Å²) in [6.45, 7) is 25.5. The zero-order valence-corrected chi connectivity index (χ0v) is 42.3. The predicted octanol–water partition coefficient (Wildman–Crippen LogP) is 17.6. The van der Waals surface area contributed by atoms with Crippen LogP contribution in [-0.4, -0.2) is 19.6 Å². The highest BCUT2D eigenvalue weighted by atomic mass is 16.3. The first-order chi connectivity index (χ1) is 33.4. The van der Waals surface area contributed by atoms with Crippen LogP contribution in [0.4, 0.5) is 0 Å². The lowest BCUT2D eigenvalue weighted by Gasteiger charge is -2.31. The van der Waals surface area contributed by atoms with Crippen LogP contribution >= 0.6 is 0 Å². The average Bonchev–Trinajstić information content (AvgIpc) is 3.72. The van der Waals surface area contributed by atoms with Gasteiger partial charge in [-0.3, -0.25) is 9.55 Å². The van der Waals surface area contributed by atoms with Crippen molar-refractivity contribution in [2.24, 2.45) is 0 Å². The second-order valence-electron chi connectivity index (χ2n) is 22.2. The molecule has 0 unspecified atom stereocenters. The topological polar surface area (TPSA) is 50.9 Å². The Morgan fingerprint density at radius 3 is 1.96 bits per heavy atom. The Morgan fingerprint density at radius 2 is 1.26 bits per heavy atom. The van der Waals surface area contributed by atoms with E-state index in [0.29, 0.717) is 11.4 Å². The fraction of sp³-hybridized carbons (Fsp3) is 0.262. The van der Waals surface area contributed by atoms with E-state index in [1.165, 1.54) is 5.56 Å². The van der Waals surface area contributed by atoms with E-state index < -0.39 is 22.6 Å². The summed E-state index contributed by atoms with van der Waals surface area (Å²) in [7, 11) is 0. The van der Waals surface area contributed by atoms with Crippen molar-refractivity contribution in [3.63, 3.8) is 0 Å². The molecule has 6 bridgehead atoms. The number of pyridine rings is 1. The van der Waals surface area contributed by atoms with E-state index in [2.05, 4.69) is 206 Å². The Morgan fingerprint density at radius 1 is 0.551 bits per heavy atom. The van der Waals surface area contributed by atoms with Gasteiger partial charge in [0, 0.05) is 36.6 Å². The zero-order valence-electron chi connectivity index (χ0n) is 44.3. The first-order valence-corrected chi connectivity index (χ1v) is 24.4. The monoisotopic (exact) mass is 906 g/mol. The number of benzene rings is 7. The minimum Gasteiger partial charge on any atom is -0.507 e. The minimum absolute atomic E-state index is 0.195. The molecule has 7 aromatic carbocycles. The van der Waals surface area contributed by atoms with Crippen molar-refractivity contribution in [3.05, 3.63) is 191 Å². The van der Waals surface area contributed by atoms with Crippen LogP contribution in [0.15, 0.2) is 158 Å². The quantitative estimate of drug-likeness (QED) is 0.181. The fourth-order valence-electron chi connectivity index (χ4n) is 10.1. The average molecular weight is 906 g/mol. The van der Waals surface area contributed by atoms with Crippen molar-refractivity contribution in [3.8, 4) is 78.6 Å². The number of aromatic hydroxyl groups is 1. The Labute approximate surface area is 412 Å². The lowest BCUT2D eigenvalue weighted by molar-refractivity contribution is 0.446. The molecule has 0 spiro atoms. The molecule has 9 aromatic rings. The Balaban J connectivity index is 1.30. The van der Waals surface area contributed by atoms with Crippen LogP contribution in [0.1, 0.15) is 131 Å². The molecule has 10 rings (SSSR count). The fourth-order valence-corrected chi connectivity index (χ4v) is 10.1. The Bertz CT molecular complexity index is 3540. The van der Waals surface area contributed by atoms with Crippen molar-refractivity contribution in [2.75, 3.05) is 0 Å². The van der Waals surface area contributed by atoms with E-state index in [0.717, 1.165) is 100 Å². The predicted molar refractivity (Wildman–Crippen MR) is 291 cm³/mol. The number of rotatable bonds is 6. The summed E-state index contributed by atoms with van der Waals surface area (Å²) >= 11 is 0. The third kappa shape index (κ3) is 8.18. The molecule has 0 saturated carbocycles. The van der Waals surface area contributed by atoms with Gasteiger partial charge >= 0.3 is 0 Å². The summed E-state index contributed by atoms with van der Waals surface area (Å²) in [6, 6.07) is 53.9. The summed E-state index contributed by atoms with van der Waals surface area (Å²) in [4.78, 5) is 10.7. The molecular weight excluding hydrogens is 839 g/mol. The normalized spacial score (nSPS) is 14.1. The highest BCUT2D eigenvalue weighted by molar-refractivity contribution is 5.98. The standard InChI is InChI=1S/C65H65N3O/c1-39(2)41-24-26-42(27-25-41)44-28-29-66-57(34-44)47-30-46(32-49(33-47)63(5,6)7)51-22-17-23-58-60(51)67-62-55-35-50(36-56(61(55)69)64(8,9)10)65(11,12)48-21-16-20-45(31-48)53-38-59(68(58)62)54(37-52(53)40(3)4)43-18-14-13-15-19-43/h13-40,69H,1-12H3/i39D,40D. The van der Waals surface area contributed by atoms with Gasteiger partial charge in [-0.05, 0) is 132 Å². The SMILES string of the molecule is [2H]C(C)(C)c1ccc(-c2ccnc(-c3cc(-c4cccc5c4nc4n5-c5cc(c(C([2H])(C)C)cc5-c5ccccc5)-c5cccc(c5)C(C)(C)c5cc-4c(O)c(C(C)(C)C)c5)cc(C(C)(C)C)c3)c2)cc1. The zero-order chi connectivity index (χ0) is 50.6. The van der Waals surface area contributed by atoms with Gasteiger partial charge < -0.3 is 5.11 Å². The number of hydrogen-bond donors (Lipinski definition) is 1. The summed E-state index contributed by atoms with van der Waals surface area (Å²) in [5.74, 6) is -0.767. The van der Waals surface area contributed by atoms with E-state index in [-0.39, 0.29) is 11.2 Å². The Hall–Kier alpha value is -7.04. The highest BCUT2D eigenvalue weighted by Gasteiger charge is 2.33. The second-order valence-corrected chi connectivity index (χ2v) is 22.2. The largest absolute Gasteiger partial charge is 0.507 e. The van der Waals surface area contributed by atoms with Gasteiger partial charge in [0.25, 0.3) is 0 Å². The lowest BCUT2D eigenvalue weighted by atomic mass is 9.73. The van der Waals surface area contributed by atoms with Crippen molar-refractivity contribution in [1.29, 1.82) is 0 Å². The molecular formula is C65H65N3O. The molecule has 0 radical (unpaired) electrons. The lowest BCUT2D eigenvalue weighted by Crippen LogP contribution is -2.22. The Kier molecular flexibility index (Phi) is 10.6. The van der Waals surface area contributed by atoms with Crippen LogP contribution in [0.5, 0.6) is 5.75 Å². The number of hydrogen-bond acceptors (Lipinski definition) is 3. The van der Waals surface area contributed by atoms with E-state index in [1.807, 2.05) is 40.0 Å². The van der Waals surface area contributed by atoms with Crippen molar-refractivity contribution >= 4 is 11.0 Å². The summed E-state index contributed by atoms with van der Waals surface area (Å²) in [6.07, 6.45) is 1.89. The maximum absolute atomic E-state index is 12.8. The van der Waals surface area contributed by atoms with Crippen molar-refractivity contribution in [2.45, 2.75) is 111 Å². The maximum atomic E-state index is 12.8. The molecule has 1 N–H and O–H groups in total. The van der Waals surface area contributed by atoms with Crippen LogP contribution in [-0.2, 0) is 16.2 Å². The van der Waals surface area contributed by atoms with Crippen LogP contribution in [0, 0.1) is 0 Å². The van der Waals surface area contributed by atoms with Gasteiger partial charge in [-0.25, -0.2) is 4.98 Å². The third-order valence-electron chi connectivity index (χ3n) is 14.4. The van der Waals surface area contributed by atoms with Gasteiger partial charge in [0.2, 0.25) is 0 Å². The second kappa shape index (κ2) is 16.9. The van der Waals surface area contributed by atoms with Crippen LogP contribution < -0.4 is 0 Å². The first kappa shape index (κ1) is 43.3. The van der Waals surface area contributed by atoms with Gasteiger partial charge in [-0.15, -0.1) is 0 Å². The first-order valence-electron chi connectivity index (χ1n) is 25.4. The number of nitrogens with zero attached hydrogens (tertiary/aromatic N) is 3. The number of fused-ring (bicyclic) bond motifs is 12. The third-order valence-corrected chi connectivity index (χ3v) is 14.4. The number of imidazole rings is 1. The molecule has 0 aliphatic carbocycles. The van der Waals surface area contributed by atoms with Gasteiger partial charge in [-0.2, -0.15) is 0 Å². The molecule has 0 saturated heterocycles. The molecule has 0 amide bonds. The number of aromatic nitrogens is 3. The van der Waals surface area contributed by atoms with E-state index in [1.54, 1.807) is 0 Å². The van der Waals surface area contributed by atoms with Crippen molar-refractivity contribution in [1.82, 2.24) is 14.5 Å². The van der Waals surface area contributed by atoms with Gasteiger partial charge in [0.1, 0.15) is 11.6 Å². The summed E-state index contributed by atoms with van der Waals surface area (Å²) in [5.41, 5.74) is 18.3. The van der Waals surface area contributed by atoms with Crippen molar-refractivity contribution < 1.29 is 7.85 Å². The number of phenols is 1. The summed E-state index contributed by atoms with van der Waals surface area (Å²) in [5, 5.41) is 12.8. The van der Waals surface area contributed by atoms with E-state index in [9.17, 15) is 6.48 Å². The van der Waals surface area contributed by atoms with Crippen LogP contribution in [0.25, 0.3) is 83.9 Å². The van der Waals surface area contributed by atoms with Gasteiger partial charge in [0.05, 0.1) is 28.0 Å². The molecule has 4 heteroatoms. The number of phenolic OH excluding ortho intramolecular Hbond substituents is 1. The van der Waals surface area contributed by atoms with Gasteiger partial charge in [-0.1, -0.05) is 186 Å². The van der Waals surface area contributed by atoms with Crippen LogP contribution in [0.3, 0.4) is 0 Å². The minimum atomic E-state index is -0.939. The smallest absolute Gasteiger partial charge is 0.149 e. The molecule has 69 heavy (non-hydrogen) atoms. The highest BCUT2D eigenvalue weighted by Crippen LogP contribution is 2.49. The summed E-state index contributed by atoms with van der Waals surface area (Å²) < 4.78 is 20.5. The van der Waals surface area contributed by atoms with E-state index in [4.69, 9.17) is 11.3 Å². The molecule has 1 aliphatic rings. The molecule has 0 fully saturated rings. The molecule has 346 valence electrons. The molecule has 1 aliphatic heterocycles. The molecule has 2 aromatic heterocycles. The van der Waals surface area contributed by atoms with Crippen LogP contribution in [0.2, 0.25) is 0 Å². The molecule has 0 atom stereocenters. The molecule has 3 heterocycles. The van der Waals surface area contributed by atoms with Gasteiger partial charge in [0.15, 0.2) is 0 Å².